The van der Waals surface area contributed by atoms with Gasteiger partial charge in [0, 0.05) is 24.6 Å². The summed E-state index contributed by atoms with van der Waals surface area (Å²) in [6, 6.07) is 15.7. The van der Waals surface area contributed by atoms with Gasteiger partial charge in [-0.2, -0.15) is 0 Å². The molecule has 4 heteroatoms. The number of nitrogens with two attached hydrogens (primary N) is 1. The van der Waals surface area contributed by atoms with Gasteiger partial charge >= 0.3 is 0 Å². The highest BCUT2D eigenvalue weighted by molar-refractivity contribution is 6.01. The smallest absolute Gasteiger partial charge is 0.254 e. The van der Waals surface area contributed by atoms with Crippen molar-refractivity contribution in [2.45, 2.75) is 44.8 Å². The topological polar surface area (TPSA) is 46.3 Å². The Labute approximate surface area is 155 Å². The molecular weight excluding hydrogens is 327 g/mol. The van der Waals surface area contributed by atoms with Crippen LogP contribution in [0.3, 0.4) is 0 Å². The van der Waals surface area contributed by atoms with E-state index in [4.69, 9.17) is 5.73 Å². The molecule has 1 saturated heterocycles. The molecule has 0 aliphatic carbocycles. The number of hydrogen-bond acceptors (Lipinski definition) is 2. The second-order valence-corrected chi connectivity index (χ2v) is 7.16. The molecule has 1 amide bonds. The molecule has 26 heavy (non-hydrogen) atoms. The summed E-state index contributed by atoms with van der Waals surface area (Å²) in [6.07, 6.45) is 0.398. The summed E-state index contributed by atoms with van der Waals surface area (Å²) in [6.45, 7) is 4.79. The molecule has 138 valence electrons. The van der Waals surface area contributed by atoms with Gasteiger partial charge in [0.25, 0.3) is 5.91 Å². The minimum Gasteiger partial charge on any atom is -0.331 e. The number of carbonyl (C=O) groups excluding carboxylic acids is 1. The van der Waals surface area contributed by atoms with E-state index >= 15 is 0 Å². The van der Waals surface area contributed by atoms with Crippen molar-refractivity contribution >= 4 is 5.91 Å². The molecule has 2 aromatic rings. The van der Waals surface area contributed by atoms with Crippen molar-refractivity contribution < 1.29 is 9.18 Å². The van der Waals surface area contributed by atoms with E-state index in [0.29, 0.717) is 17.9 Å². The van der Waals surface area contributed by atoms with Gasteiger partial charge in [-0.15, -0.1) is 0 Å². The van der Waals surface area contributed by atoms with Crippen LogP contribution in [0.25, 0.3) is 11.1 Å². The molecule has 0 saturated carbocycles. The van der Waals surface area contributed by atoms with Crippen LogP contribution in [0.2, 0.25) is 0 Å². The summed E-state index contributed by atoms with van der Waals surface area (Å²) < 4.78 is 13.8. The Morgan fingerprint density at radius 2 is 2.04 bits per heavy atom. The van der Waals surface area contributed by atoms with E-state index in [1.807, 2.05) is 36.4 Å². The highest BCUT2D eigenvalue weighted by atomic mass is 19.1. The summed E-state index contributed by atoms with van der Waals surface area (Å²) in [5, 5.41) is 0. The maximum atomic E-state index is 13.8. The molecule has 3 atom stereocenters. The first kappa shape index (κ1) is 18.6. The molecule has 3 unspecified atom stereocenters. The number of rotatable bonds is 5. The lowest BCUT2D eigenvalue weighted by atomic mass is 9.92. The van der Waals surface area contributed by atoms with Crippen molar-refractivity contribution in [1.29, 1.82) is 0 Å². The van der Waals surface area contributed by atoms with Gasteiger partial charge in [-0.25, -0.2) is 4.39 Å². The van der Waals surface area contributed by atoms with Gasteiger partial charge < -0.3 is 10.6 Å². The third-order valence-corrected chi connectivity index (χ3v) is 5.43. The van der Waals surface area contributed by atoms with Crippen LogP contribution in [0.5, 0.6) is 0 Å². The molecule has 2 aromatic carbocycles. The van der Waals surface area contributed by atoms with Crippen LogP contribution < -0.4 is 5.73 Å². The Balaban J connectivity index is 1.98. The lowest BCUT2D eigenvalue weighted by Crippen LogP contribution is -2.40. The fraction of sp³-hybridized carbons (Fsp3) is 0.409. The molecule has 1 fully saturated rings. The van der Waals surface area contributed by atoms with Gasteiger partial charge in [0.2, 0.25) is 0 Å². The van der Waals surface area contributed by atoms with Crippen molar-refractivity contribution in [2.75, 3.05) is 13.1 Å². The highest BCUT2D eigenvalue weighted by Gasteiger charge is 2.35. The van der Waals surface area contributed by atoms with E-state index in [1.54, 1.807) is 4.90 Å². The number of amides is 1. The molecule has 1 heterocycles. The number of carbonyl (C=O) groups is 1. The van der Waals surface area contributed by atoms with Crippen LogP contribution >= 0.6 is 0 Å². The average molecular weight is 354 g/mol. The Morgan fingerprint density at radius 1 is 1.27 bits per heavy atom. The Morgan fingerprint density at radius 3 is 2.77 bits per heavy atom. The zero-order valence-electron chi connectivity index (χ0n) is 15.5. The average Bonchev–Trinajstić information content (AvgIpc) is 3.07. The quantitative estimate of drug-likeness (QED) is 0.866. The lowest BCUT2D eigenvalue weighted by Gasteiger charge is -2.24. The number of nitrogens with zero attached hydrogens (tertiary/aromatic N) is 1. The zero-order valence-corrected chi connectivity index (χ0v) is 15.5. The molecule has 3 nitrogen and oxygen atoms in total. The third-order valence-electron chi connectivity index (χ3n) is 5.43. The van der Waals surface area contributed by atoms with E-state index in [2.05, 4.69) is 26.0 Å². The van der Waals surface area contributed by atoms with E-state index in [0.717, 1.165) is 17.5 Å². The number of hydrogen-bond donors (Lipinski definition) is 1. The van der Waals surface area contributed by atoms with Crippen molar-refractivity contribution in [3.05, 3.63) is 59.7 Å². The predicted octanol–water partition coefficient (Wildman–Crippen LogP) is 4.38. The number of likely N-dealkylation sites (tertiary alicyclic amines) is 1. The van der Waals surface area contributed by atoms with Gasteiger partial charge in [-0.3, -0.25) is 4.79 Å². The fourth-order valence-electron chi connectivity index (χ4n) is 3.66. The van der Waals surface area contributed by atoms with Crippen LogP contribution in [0.1, 0.15) is 48.5 Å². The second-order valence-electron chi connectivity index (χ2n) is 7.16. The van der Waals surface area contributed by atoms with Crippen molar-refractivity contribution in [1.82, 2.24) is 4.90 Å². The molecule has 0 aromatic heterocycles. The van der Waals surface area contributed by atoms with E-state index in [1.165, 1.54) is 5.56 Å². The van der Waals surface area contributed by atoms with E-state index < -0.39 is 6.17 Å². The van der Waals surface area contributed by atoms with Gasteiger partial charge in [-0.1, -0.05) is 56.3 Å². The first-order valence-corrected chi connectivity index (χ1v) is 9.39. The molecule has 3 rings (SSSR count). The first-order chi connectivity index (χ1) is 12.5. The SMILES string of the molecule is CCC(C)c1cccc(-c2ccccc2C(=O)N2CC(F)CC2CN)c1. The molecule has 1 aliphatic heterocycles. The minimum absolute atomic E-state index is 0.127. The van der Waals surface area contributed by atoms with Crippen LogP contribution in [-0.2, 0) is 0 Å². The molecule has 1 aliphatic rings. The number of benzene rings is 2. The molecule has 2 N–H and O–H groups in total. The van der Waals surface area contributed by atoms with Crippen LogP contribution in [-0.4, -0.2) is 36.1 Å². The summed E-state index contributed by atoms with van der Waals surface area (Å²) in [5.74, 6) is 0.329. The molecule has 0 spiro atoms. The maximum Gasteiger partial charge on any atom is 0.254 e. The largest absolute Gasteiger partial charge is 0.331 e. The van der Waals surface area contributed by atoms with Crippen molar-refractivity contribution in [3.63, 3.8) is 0 Å². The predicted molar refractivity (Wildman–Crippen MR) is 104 cm³/mol. The van der Waals surface area contributed by atoms with Crippen LogP contribution in [0, 0.1) is 0 Å². The normalized spacial score (nSPS) is 21.0. The minimum atomic E-state index is -0.992. The van der Waals surface area contributed by atoms with Crippen molar-refractivity contribution in [3.8, 4) is 11.1 Å². The fourth-order valence-corrected chi connectivity index (χ4v) is 3.66. The third kappa shape index (κ3) is 3.65. The maximum absolute atomic E-state index is 13.8. The van der Waals surface area contributed by atoms with Gasteiger partial charge in [-0.05, 0) is 35.1 Å². The molecule has 0 radical (unpaired) electrons. The van der Waals surface area contributed by atoms with Crippen molar-refractivity contribution in [2.24, 2.45) is 5.73 Å². The van der Waals surface area contributed by atoms with Gasteiger partial charge in [0.1, 0.15) is 6.17 Å². The summed E-state index contributed by atoms with van der Waals surface area (Å²) in [4.78, 5) is 14.7. The number of halogens is 1. The summed E-state index contributed by atoms with van der Waals surface area (Å²) >= 11 is 0. The highest BCUT2D eigenvalue weighted by Crippen LogP contribution is 2.30. The van der Waals surface area contributed by atoms with Gasteiger partial charge in [0.05, 0.1) is 6.54 Å². The Bertz CT molecular complexity index is 776. The first-order valence-electron chi connectivity index (χ1n) is 9.39. The Hall–Kier alpha value is -2.20. The van der Waals surface area contributed by atoms with Crippen LogP contribution in [0.15, 0.2) is 48.5 Å². The standard InChI is InChI=1S/C22H27FN2O/c1-3-15(2)16-7-6-8-17(11-16)20-9-4-5-10-21(20)22(26)25-14-18(23)12-19(25)13-24/h4-11,15,18-19H,3,12-14,24H2,1-2H3. The van der Waals surface area contributed by atoms with E-state index in [9.17, 15) is 9.18 Å². The molecular formula is C22H27FN2O. The van der Waals surface area contributed by atoms with Gasteiger partial charge in [0.15, 0.2) is 0 Å². The summed E-state index contributed by atoms with van der Waals surface area (Å²) in [5.41, 5.74) is 9.54. The number of alkyl halides is 1. The van der Waals surface area contributed by atoms with Crippen LogP contribution in [0.4, 0.5) is 4.39 Å². The lowest BCUT2D eigenvalue weighted by molar-refractivity contribution is 0.0734. The Kier molecular flexibility index (Phi) is 5.72. The monoisotopic (exact) mass is 354 g/mol. The summed E-state index contributed by atoms with van der Waals surface area (Å²) in [7, 11) is 0. The molecule has 0 bridgehead atoms. The van der Waals surface area contributed by atoms with E-state index in [-0.39, 0.29) is 25.0 Å². The zero-order chi connectivity index (χ0) is 18.7. The second kappa shape index (κ2) is 8.00.